The number of benzene rings is 1. The molecule has 1 aromatic carbocycles. The van der Waals surface area contributed by atoms with E-state index in [0.717, 1.165) is 25.8 Å². The molecule has 1 aromatic rings. The van der Waals surface area contributed by atoms with Crippen molar-refractivity contribution >= 4 is 23.2 Å². The van der Waals surface area contributed by atoms with Gasteiger partial charge in [0.05, 0.1) is 16.1 Å². The summed E-state index contributed by atoms with van der Waals surface area (Å²) in [5.74, 6) is 0. The van der Waals surface area contributed by atoms with Gasteiger partial charge in [-0.2, -0.15) is 0 Å². The van der Waals surface area contributed by atoms with Crippen molar-refractivity contribution in [2.24, 2.45) is 0 Å². The van der Waals surface area contributed by atoms with E-state index in [1.54, 1.807) is 7.11 Å². The van der Waals surface area contributed by atoms with Crippen molar-refractivity contribution in [3.8, 4) is 0 Å². The second-order valence-electron chi connectivity index (χ2n) is 4.83. The molecule has 1 N–H and O–H groups in total. The van der Waals surface area contributed by atoms with E-state index in [0.29, 0.717) is 22.2 Å². The first-order chi connectivity index (χ1) is 9.06. The Hall–Kier alpha value is -0.280. The van der Waals surface area contributed by atoms with E-state index < -0.39 is 0 Å². The van der Waals surface area contributed by atoms with Crippen LogP contribution in [0.15, 0.2) is 18.2 Å². The van der Waals surface area contributed by atoms with Gasteiger partial charge >= 0.3 is 0 Å². The lowest BCUT2D eigenvalue weighted by atomic mass is 10.0. The molecule has 0 fully saturated rings. The summed E-state index contributed by atoms with van der Waals surface area (Å²) in [6.45, 7) is 5.19. The summed E-state index contributed by atoms with van der Waals surface area (Å²) >= 11 is 12.0. The molecule has 19 heavy (non-hydrogen) atoms. The SMILES string of the molecule is CCNC(CCC(C)OC)Cc1ccc(Cl)c(Cl)c1. The summed E-state index contributed by atoms with van der Waals surface area (Å²) in [6.07, 6.45) is 3.40. The van der Waals surface area contributed by atoms with Gasteiger partial charge in [0, 0.05) is 13.2 Å². The molecule has 2 unspecified atom stereocenters. The largest absolute Gasteiger partial charge is 0.382 e. The smallest absolute Gasteiger partial charge is 0.0595 e. The van der Waals surface area contributed by atoms with Crippen LogP contribution in [-0.2, 0) is 11.2 Å². The molecule has 2 atom stereocenters. The van der Waals surface area contributed by atoms with Gasteiger partial charge in [0.2, 0.25) is 0 Å². The van der Waals surface area contributed by atoms with Crippen molar-refractivity contribution in [3.05, 3.63) is 33.8 Å². The van der Waals surface area contributed by atoms with E-state index in [4.69, 9.17) is 27.9 Å². The Balaban J connectivity index is 2.58. The molecule has 108 valence electrons. The molecule has 0 aromatic heterocycles. The zero-order valence-electron chi connectivity index (χ0n) is 11.9. The average Bonchev–Trinajstić information content (AvgIpc) is 2.40. The van der Waals surface area contributed by atoms with E-state index in [1.165, 1.54) is 5.56 Å². The van der Waals surface area contributed by atoms with E-state index in [-0.39, 0.29) is 0 Å². The monoisotopic (exact) mass is 303 g/mol. The second kappa shape index (κ2) is 8.80. The van der Waals surface area contributed by atoms with Gasteiger partial charge in [-0.1, -0.05) is 36.2 Å². The lowest BCUT2D eigenvalue weighted by Crippen LogP contribution is -2.31. The van der Waals surface area contributed by atoms with Gasteiger partial charge in [0.15, 0.2) is 0 Å². The minimum atomic E-state index is 0.301. The highest BCUT2D eigenvalue weighted by Gasteiger charge is 2.11. The average molecular weight is 304 g/mol. The van der Waals surface area contributed by atoms with Crippen LogP contribution in [0.4, 0.5) is 0 Å². The van der Waals surface area contributed by atoms with Gasteiger partial charge in [-0.3, -0.25) is 0 Å². The third-order valence-electron chi connectivity index (χ3n) is 3.28. The van der Waals surface area contributed by atoms with Crippen molar-refractivity contribution < 1.29 is 4.74 Å². The highest BCUT2D eigenvalue weighted by atomic mass is 35.5. The Bertz CT molecular complexity index is 384. The van der Waals surface area contributed by atoms with Crippen LogP contribution in [0.25, 0.3) is 0 Å². The first-order valence-corrected chi connectivity index (χ1v) is 7.52. The minimum absolute atomic E-state index is 0.301. The van der Waals surface area contributed by atoms with Crippen LogP contribution in [0.1, 0.15) is 32.3 Å². The Morgan fingerprint density at radius 1 is 1.21 bits per heavy atom. The number of hydrogen-bond donors (Lipinski definition) is 1. The summed E-state index contributed by atoms with van der Waals surface area (Å²) in [5, 5.41) is 4.75. The zero-order valence-corrected chi connectivity index (χ0v) is 13.4. The number of methoxy groups -OCH3 is 1. The van der Waals surface area contributed by atoms with Gasteiger partial charge in [-0.25, -0.2) is 0 Å². The maximum absolute atomic E-state index is 6.05. The molecule has 0 bridgehead atoms. The highest BCUT2D eigenvalue weighted by Crippen LogP contribution is 2.23. The van der Waals surface area contributed by atoms with Crippen LogP contribution in [0.3, 0.4) is 0 Å². The highest BCUT2D eigenvalue weighted by molar-refractivity contribution is 6.42. The van der Waals surface area contributed by atoms with Crippen molar-refractivity contribution in [2.45, 2.75) is 45.3 Å². The minimum Gasteiger partial charge on any atom is -0.382 e. The number of hydrogen-bond acceptors (Lipinski definition) is 2. The molecule has 0 aliphatic rings. The molecule has 0 saturated carbocycles. The van der Waals surface area contributed by atoms with Gasteiger partial charge in [-0.15, -0.1) is 0 Å². The predicted molar refractivity (Wildman–Crippen MR) is 83.3 cm³/mol. The zero-order chi connectivity index (χ0) is 14.3. The van der Waals surface area contributed by atoms with E-state index >= 15 is 0 Å². The van der Waals surface area contributed by atoms with Gasteiger partial charge in [0.1, 0.15) is 0 Å². The van der Waals surface area contributed by atoms with Crippen molar-refractivity contribution in [3.63, 3.8) is 0 Å². The number of halogens is 2. The predicted octanol–water partition coefficient (Wildman–Crippen LogP) is 4.33. The standard InChI is InChI=1S/C15H23Cl2NO/c1-4-18-13(7-5-11(2)19-3)9-12-6-8-14(16)15(17)10-12/h6,8,10-11,13,18H,4-5,7,9H2,1-3H3. The van der Waals surface area contributed by atoms with E-state index in [9.17, 15) is 0 Å². The van der Waals surface area contributed by atoms with Gasteiger partial charge in [0.25, 0.3) is 0 Å². The molecule has 0 heterocycles. The molecule has 0 aliphatic carbocycles. The van der Waals surface area contributed by atoms with E-state index in [1.807, 2.05) is 18.2 Å². The van der Waals surface area contributed by atoms with Crippen LogP contribution >= 0.6 is 23.2 Å². The topological polar surface area (TPSA) is 21.3 Å². The summed E-state index contributed by atoms with van der Waals surface area (Å²) in [5.41, 5.74) is 1.21. The van der Waals surface area contributed by atoms with Gasteiger partial charge < -0.3 is 10.1 Å². The summed E-state index contributed by atoms with van der Waals surface area (Å²) < 4.78 is 5.30. The Morgan fingerprint density at radius 2 is 1.95 bits per heavy atom. The quantitative estimate of drug-likeness (QED) is 0.772. The van der Waals surface area contributed by atoms with Crippen LogP contribution in [0.5, 0.6) is 0 Å². The fourth-order valence-corrected chi connectivity index (χ4v) is 2.39. The van der Waals surface area contributed by atoms with Crippen LogP contribution in [0, 0.1) is 0 Å². The summed E-state index contributed by atoms with van der Waals surface area (Å²) in [7, 11) is 1.76. The Kier molecular flexibility index (Phi) is 7.77. The maximum Gasteiger partial charge on any atom is 0.0595 e. The second-order valence-corrected chi connectivity index (χ2v) is 5.65. The van der Waals surface area contributed by atoms with Crippen molar-refractivity contribution in [1.29, 1.82) is 0 Å². The third kappa shape index (κ3) is 6.13. The first kappa shape index (κ1) is 16.8. The Labute approximate surface area is 126 Å². The van der Waals surface area contributed by atoms with Gasteiger partial charge in [-0.05, 0) is 50.4 Å². The normalized spacial score (nSPS) is 14.4. The lowest BCUT2D eigenvalue weighted by molar-refractivity contribution is 0.106. The van der Waals surface area contributed by atoms with Crippen molar-refractivity contribution in [2.75, 3.05) is 13.7 Å². The van der Waals surface area contributed by atoms with Crippen LogP contribution < -0.4 is 5.32 Å². The first-order valence-electron chi connectivity index (χ1n) is 6.76. The fourth-order valence-electron chi connectivity index (χ4n) is 2.07. The molecule has 0 amide bonds. The fraction of sp³-hybridized carbons (Fsp3) is 0.600. The Morgan fingerprint density at radius 3 is 2.53 bits per heavy atom. The number of likely N-dealkylation sites (N-methyl/N-ethyl adjacent to an activating group) is 1. The number of rotatable bonds is 8. The summed E-state index contributed by atoms with van der Waals surface area (Å²) in [4.78, 5) is 0. The molecule has 0 saturated heterocycles. The molecule has 0 radical (unpaired) electrons. The molecular formula is C15H23Cl2NO. The number of nitrogens with one attached hydrogen (secondary N) is 1. The van der Waals surface area contributed by atoms with Crippen LogP contribution in [-0.4, -0.2) is 25.8 Å². The lowest BCUT2D eigenvalue weighted by Gasteiger charge is -2.20. The van der Waals surface area contributed by atoms with Crippen LogP contribution in [0.2, 0.25) is 10.0 Å². The molecular weight excluding hydrogens is 281 g/mol. The molecule has 1 rings (SSSR count). The molecule has 0 aliphatic heterocycles. The molecule has 4 heteroatoms. The molecule has 0 spiro atoms. The molecule has 2 nitrogen and oxygen atoms in total. The van der Waals surface area contributed by atoms with Crippen molar-refractivity contribution in [1.82, 2.24) is 5.32 Å². The summed E-state index contributed by atoms with van der Waals surface area (Å²) in [6, 6.07) is 6.30. The third-order valence-corrected chi connectivity index (χ3v) is 4.02. The maximum atomic E-state index is 6.05. The van der Waals surface area contributed by atoms with E-state index in [2.05, 4.69) is 19.2 Å². The number of ether oxygens (including phenoxy) is 1.